The van der Waals surface area contributed by atoms with Gasteiger partial charge in [0.15, 0.2) is 11.0 Å². The molecule has 0 unspecified atom stereocenters. The van der Waals surface area contributed by atoms with Crippen LogP contribution in [0.2, 0.25) is 0 Å². The molecule has 17 heteroatoms. The normalized spacial score (nSPS) is 21.9. The van der Waals surface area contributed by atoms with Gasteiger partial charge in [0.05, 0.1) is 29.1 Å². The van der Waals surface area contributed by atoms with Gasteiger partial charge in [0.1, 0.15) is 34.2 Å². The van der Waals surface area contributed by atoms with Gasteiger partial charge in [-0.1, -0.05) is 58.9 Å². The van der Waals surface area contributed by atoms with E-state index in [2.05, 4.69) is 35.8 Å². The number of hydrogen-bond donors (Lipinski definition) is 3. The number of sulfonamides is 1. The largest absolute Gasteiger partial charge is 0.491 e. The van der Waals surface area contributed by atoms with Crippen molar-refractivity contribution in [2.24, 2.45) is 11.3 Å². The molecule has 3 aromatic heterocycles. The Morgan fingerprint density at radius 3 is 2.37 bits per heavy atom. The third-order valence-corrected chi connectivity index (χ3v) is 15.3. The molecule has 62 heavy (non-hydrogen) atoms. The van der Waals surface area contributed by atoms with E-state index < -0.39 is 62.1 Å². The van der Waals surface area contributed by atoms with Crippen LogP contribution < -0.4 is 24.8 Å². The fourth-order valence-corrected chi connectivity index (χ4v) is 11.2. The van der Waals surface area contributed by atoms with Crippen molar-refractivity contribution in [3.63, 3.8) is 0 Å². The van der Waals surface area contributed by atoms with Crippen LogP contribution in [0.25, 0.3) is 31.7 Å². The Morgan fingerprint density at radius 2 is 1.74 bits per heavy atom. The number of amides is 3. The molecule has 1 saturated heterocycles. The first kappa shape index (κ1) is 43.5. The number of thiazole rings is 1. The first-order valence-corrected chi connectivity index (χ1v) is 24.3. The number of nitrogens with zero attached hydrogens (tertiary/aromatic N) is 4. The Kier molecular flexibility index (Phi) is 11.6. The fourth-order valence-electron chi connectivity index (χ4n) is 7.84. The number of ether oxygens (including phenoxy) is 2. The summed E-state index contributed by atoms with van der Waals surface area (Å²) in [6.07, 6.45) is 2.01. The number of nitrogens with one attached hydrogen (secondary N) is 3. The maximum atomic E-state index is 15.0. The molecule has 3 fully saturated rings. The van der Waals surface area contributed by atoms with Gasteiger partial charge in [-0.25, -0.2) is 18.4 Å². The zero-order valence-electron chi connectivity index (χ0n) is 35.9. The van der Waals surface area contributed by atoms with Crippen molar-refractivity contribution >= 4 is 75.9 Å². The van der Waals surface area contributed by atoms with Crippen LogP contribution in [0.1, 0.15) is 85.8 Å². The first-order valence-electron chi connectivity index (χ1n) is 21.0. The number of aromatic nitrogens is 3. The van der Waals surface area contributed by atoms with Gasteiger partial charge in [0.25, 0.3) is 5.91 Å². The molecular formula is C45H53N7O7S3. The third kappa shape index (κ3) is 8.75. The quantitative estimate of drug-likeness (QED) is 0.0890. The summed E-state index contributed by atoms with van der Waals surface area (Å²) in [5, 5.41) is 9.13. The third-order valence-electron chi connectivity index (χ3n) is 11.5. The van der Waals surface area contributed by atoms with Crippen LogP contribution in [0.4, 0.5) is 5.13 Å². The molecule has 8 rings (SSSR count). The zero-order valence-corrected chi connectivity index (χ0v) is 38.4. The molecular weight excluding hydrogens is 847 g/mol. The lowest BCUT2D eigenvalue weighted by Gasteiger charge is -2.35. The second-order valence-electron chi connectivity index (χ2n) is 18.2. The first-order chi connectivity index (χ1) is 29.4. The molecule has 3 N–H and O–H groups in total. The summed E-state index contributed by atoms with van der Waals surface area (Å²) in [6, 6.07) is 13.6. The van der Waals surface area contributed by atoms with Crippen molar-refractivity contribution in [2.75, 3.05) is 11.9 Å². The molecule has 2 saturated carbocycles. The zero-order chi connectivity index (χ0) is 44.3. The van der Waals surface area contributed by atoms with Crippen LogP contribution in [0.5, 0.6) is 11.6 Å². The minimum Gasteiger partial charge on any atom is -0.491 e. The summed E-state index contributed by atoms with van der Waals surface area (Å²) in [7, 11) is -3.90. The molecule has 0 spiro atoms. The highest BCUT2D eigenvalue weighted by atomic mass is 32.2. The minimum atomic E-state index is -3.90. The van der Waals surface area contributed by atoms with E-state index in [0.717, 1.165) is 31.8 Å². The lowest BCUT2D eigenvalue weighted by Crippen LogP contribution is -2.58. The van der Waals surface area contributed by atoms with Crippen LogP contribution in [-0.4, -0.2) is 87.6 Å². The smallest absolute Gasteiger partial charge is 0.259 e. The molecule has 0 bridgehead atoms. The van der Waals surface area contributed by atoms with Crippen molar-refractivity contribution in [3.8, 4) is 23.0 Å². The standard InChI is InChI=1S/C45H53N7O7S3/c1-9-27-21-45(27,42(55)51-62(56,57)30-18-19-30)50-39(53)33-20-29(22-52(33)41(54)37(44(6,7)8)48-43-46-32(23-60-43)24(2)3)59-40-36-35(31-12-10-11-13-34(31)61-36)47-38(49-40)26-14-16-28(17-15-26)58-25(4)5/h9-17,23-25,27,29-30,33,37H,1,18-22H2,2-8H3,(H,46,48)(H,50,53)(H,51,55)/t27-,29-,33+,37-,45-/m1/s1. The van der Waals surface area contributed by atoms with Gasteiger partial charge in [0.2, 0.25) is 27.7 Å². The van der Waals surface area contributed by atoms with Gasteiger partial charge in [0, 0.05) is 33.4 Å². The van der Waals surface area contributed by atoms with E-state index in [1.54, 1.807) is 6.08 Å². The highest BCUT2D eigenvalue weighted by Crippen LogP contribution is 2.46. The van der Waals surface area contributed by atoms with Crippen LogP contribution in [0, 0.1) is 11.3 Å². The molecule has 2 aliphatic carbocycles. The number of rotatable bonds is 15. The Balaban J connectivity index is 1.14. The Morgan fingerprint density at radius 1 is 1.02 bits per heavy atom. The van der Waals surface area contributed by atoms with Crippen molar-refractivity contribution in [1.29, 1.82) is 0 Å². The lowest BCUT2D eigenvalue weighted by atomic mass is 9.85. The average molecular weight is 900 g/mol. The molecule has 5 aromatic rings. The van der Waals surface area contributed by atoms with Crippen LogP contribution in [-0.2, 0) is 24.4 Å². The Labute approximate surface area is 370 Å². The topological polar surface area (TPSA) is 182 Å². The minimum absolute atomic E-state index is 0.00721. The second-order valence-corrected chi connectivity index (χ2v) is 22.0. The number of hydrogen-bond acceptors (Lipinski definition) is 13. The molecule has 0 radical (unpaired) electrons. The number of benzene rings is 2. The van der Waals surface area contributed by atoms with E-state index in [1.807, 2.05) is 88.5 Å². The Hall–Kier alpha value is -5.13. The summed E-state index contributed by atoms with van der Waals surface area (Å²) in [4.78, 5) is 59.7. The monoisotopic (exact) mass is 899 g/mol. The number of thiophene rings is 1. The average Bonchev–Trinajstić information content (AvgIpc) is 4.05. The van der Waals surface area contributed by atoms with E-state index in [9.17, 15) is 18.0 Å². The van der Waals surface area contributed by atoms with Crippen molar-refractivity contribution in [2.45, 2.75) is 115 Å². The van der Waals surface area contributed by atoms with Gasteiger partial charge < -0.3 is 25.0 Å². The van der Waals surface area contributed by atoms with Gasteiger partial charge in [-0.3, -0.25) is 19.1 Å². The van der Waals surface area contributed by atoms with Crippen LogP contribution in [0.3, 0.4) is 0 Å². The van der Waals surface area contributed by atoms with E-state index in [0.29, 0.717) is 35.2 Å². The van der Waals surface area contributed by atoms with E-state index >= 15 is 4.79 Å². The predicted octanol–water partition coefficient (Wildman–Crippen LogP) is 7.42. The molecule has 1 aliphatic heterocycles. The molecule has 14 nitrogen and oxygen atoms in total. The van der Waals surface area contributed by atoms with Gasteiger partial charge in [-0.15, -0.1) is 29.3 Å². The fraction of sp³-hybridized carbons (Fsp3) is 0.467. The maximum absolute atomic E-state index is 15.0. The molecule has 4 heterocycles. The van der Waals surface area contributed by atoms with Crippen molar-refractivity contribution < 1.29 is 32.3 Å². The maximum Gasteiger partial charge on any atom is 0.259 e. The summed E-state index contributed by atoms with van der Waals surface area (Å²) in [5.74, 6) is -0.609. The highest BCUT2D eigenvalue weighted by Gasteiger charge is 2.62. The van der Waals surface area contributed by atoms with Crippen LogP contribution >= 0.6 is 22.7 Å². The van der Waals surface area contributed by atoms with Gasteiger partial charge in [-0.05, 0) is 74.8 Å². The van der Waals surface area contributed by atoms with E-state index in [-0.39, 0.29) is 37.3 Å². The molecule has 2 aromatic carbocycles. The summed E-state index contributed by atoms with van der Waals surface area (Å²) in [5.41, 5.74) is 0.191. The highest BCUT2D eigenvalue weighted by molar-refractivity contribution is 7.91. The number of fused-ring (bicyclic) bond motifs is 3. The number of likely N-dealkylation sites (tertiary alicyclic amines) is 1. The summed E-state index contributed by atoms with van der Waals surface area (Å²) in [6.45, 7) is 17.7. The number of carbonyl (C=O) groups is 3. The van der Waals surface area contributed by atoms with Crippen LogP contribution in [0.15, 0.2) is 66.6 Å². The van der Waals surface area contributed by atoms with E-state index in [1.165, 1.54) is 27.6 Å². The summed E-state index contributed by atoms with van der Waals surface area (Å²) >= 11 is 2.91. The summed E-state index contributed by atoms with van der Waals surface area (Å²) < 4.78 is 42.4. The molecule has 3 aliphatic rings. The second kappa shape index (κ2) is 16.5. The number of carbonyl (C=O) groups excluding carboxylic acids is 3. The lowest BCUT2D eigenvalue weighted by molar-refractivity contribution is -0.141. The molecule has 328 valence electrons. The van der Waals surface area contributed by atoms with Crippen molar-refractivity contribution in [1.82, 2.24) is 29.9 Å². The van der Waals surface area contributed by atoms with Crippen molar-refractivity contribution in [3.05, 3.63) is 72.3 Å². The number of anilines is 1. The van der Waals surface area contributed by atoms with E-state index in [4.69, 9.17) is 24.4 Å². The SMILES string of the molecule is C=C[C@@H]1C[C@]1(NC(=O)[C@@H]1C[C@@H](Oc2nc(-c3ccc(OC(C)C)cc3)nc3c2sc2ccccc23)CN1C(=O)[C@@H](Nc1nc(C(C)C)cs1)C(C)(C)C)C(=O)NS(=O)(=O)C1CC1. The predicted molar refractivity (Wildman–Crippen MR) is 243 cm³/mol. The Bertz CT molecular complexity index is 2650. The van der Waals surface area contributed by atoms with Gasteiger partial charge >= 0.3 is 0 Å². The van der Waals surface area contributed by atoms with Gasteiger partial charge in [-0.2, -0.15) is 4.98 Å². The molecule has 3 amide bonds. The molecule has 5 atom stereocenters.